The van der Waals surface area contributed by atoms with Gasteiger partial charge in [0.25, 0.3) is 0 Å². The highest BCUT2D eigenvalue weighted by Crippen LogP contribution is 2.14. The van der Waals surface area contributed by atoms with Gasteiger partial charge in [0.1, 0.15) is 5.75 Å². The van der Waals surface area contributed by atoms with Crippen molar-refractivity contribution in [3.63, 3.8) is 0 Å². The minimum atomic E-state index is 0.776. The van der Waals surface area contributed by atoms with Crippen molar-refractivity contribution in [3.05, 3.63) is 60.3 Å². The van der Waals surface area contributed by atoms with Crippen LogP contribution in [0.2, 0.25) is 0 Å². The summed E-state index contributed by atoms with van der Waals surface area (Å²) in [5.41, 5.74) is 2.25. The Bertz CT molecular complexity index is 623. The van der Waals surface area contributed by atoms with Crippen LogP contribution in [0, 0.1) is 0 Å². The summed E-state index contributed by atoms with van der Waals surface area (Å²) in [6.07, 6.45) is 2.07. The molecule has 0 saturated carbocycles. The Morgan fingerprint density at radius 3 is 2.56 bits per heavy atom. The first kappa shape index (κ1) is 10.8. The lowest BCUT2D eigenvalue weighted by Gasteiger charge is -2.03. The highest BCUT2D eigenvalue weighted by molar-refractivity contribution is 5.77. The van der Waals surface area contributed by atoms with Gasteiger partial charge < -0.3 is 4.74 Å². The van der Waals surface area contributed by atoms with E-state index in [1.165, 1.54) is 10.9 Å². The minimum absolute atomic E-state index is 0.776. The predicted molar refractivity (Wildman–Crippen MR) is 71.8 cm³/mol. The molecule has 18 heavy (non-hydrogen) atoms. The molecule has 3 nitrogen and oxygen atoms in total. The number of methoxy groups -OCH3 is 1. The third kappa shape index (κ3) is 2.07. The third-order valence-corrected chi connectivity index (χ3v) is 2.96. The Kier molecular flexibility index (Phi) is 2.73. The molecule has 90 valence electrons. The zero-order valence-corrected chi connectivity index (χ0v) is 10.2. The maximum atomic E-state index is 5.14. The lowest BCUT2D eigenvalue weighted by Crippen LogP contribution is -1.99. The number of hydrogen-bond donors (Lipinski definition) is 0. The number of fused-ring (bicyclic) bond motifs is 1. The molecular formula is C15H14N2O. The predicted octanol–water partition coefficient (Wildman–Crippen LogP) is 3.09. The zero-order valence-electron chi connectivity index (χ0n) is 10.2. The topological polar surface area (TPSA) is 27.1 Å². The van der Waals surface area contributed by atoms with Crippen LogP contribution in [0.4, 0.5) is 0 Å². The summed E-state index contributed by atoms with van der Waals surface area (Å²) in [5, 5.41) is 5.71. The standard InChI is InChI=1S/C15H14N2O/c1-18-14-8-6-12(7-9-14)10-17-11-13-4-2-3-5-15(13)16-17/h2-9,11H,10H2,1H3. The van der Waals surface area contributed by atoms with E-state index in [0.717, 1.165) is 17.8 Å². The first-order valence-corrected chi connectivity index (χ1v) is 5.90. The molecule has 3 rings (SSSR count). The molecule has 0 aliphatic carbocycles. The van der Waals surface area contributed by atoms with Gasteiger partial charge in [0.15, 0.2) is 0 Å². The average Bonchev–Trinajstić information content (AvgIpc) is 2.82. The molecule has 0 fully saturated rings. The number of rotatable bonds is 3. The zero-order chi connectivity index (χ0) is 12.4. The monoisotopic (exact) mass is 238 g/mol. The summed E-state index contributed by atoms with van der Waals surface area (Å²) in [6.45, 7) is 0.776. The summed E-state index contributed by atoms with van der Waals surface area (Å²) in [4.78, 5) is 0. The lowest BCUT2D eigenvalue weighted by molar-refractivity contribution is 0.414. The van der Waals surface area contributed by atoms with Gasteiger partial charge in [0.05, 0.1) is 19.2 Å². The van der Waals surface area contributed by atoms with E-state index in [0.29, 0.717) is 0 Å². The summed E-state index contributed by atoms with van der Waals surface area (Å²) < 4.78 is 7.11. The van der Waals surface area contributed by atoms with Crippen LogP contribution in [-0.2, 0) is 6.54 Å². The van der Waals surface area contributed by atoms with Gasteiger partial charge in [-0.1, -0.05) is 30.3 Å². The van der Waals surface area contributed by atoms with Gasteiger partial charge in [0, 0.05) is 11.6 Å². The SMILES string of the molecule is COc1ccc(Cn2cc3ccccc3n2)cc1. The molecule has 0 radical (unpaired) electrons. The van der Waals surface area contributed by atoms with Crippen LogP contribution in [0.1, 0.15) is 5.56 Å². The molecule has 1 heterocycles. The molecule has 3 heteroatoms. The molecule has 0 aliphatic heterocycles. The second-order valence-corrected chi connectivity index (χ2v) is 4.23. The van der Waals surface area contributed by atoms with Crippen molar-refractivity contribution in [2.24, 2.45) is 0 Å². The second-order valence-electron chi connectivity index (χ2n) is 4.23. The molecule has 0 amide bonds. The molecular weight excluding hydrogens is 224 g/mol. The number of benzene rings is 2. The van der Waals surface area contributed by atoms with Gasteiger partial charge in [-0.3, -0.25) is 4.68 Å². The quantitative estimate of drug-likeness (QED) is 0.701. The maximum absolute atomic E-state index is 5.14. The second kappa shape index (κ2) is 4.53. The van der Waals surface area contributed by atoms with Crippen molar-refractivity contribution in [2.45, 2.75) is 6.54 Å². The molecule has 0 atom stereocenters. The molecule has 0 saturated heterocycles. The largest absolute Gasteiger partial charge is 0.497 e. The van der Waals surface area contributed by atoms with Crippen molar-refractivity contribution in [3.8, 4) is 5.75 Å². The van der Waals surface area contributed by atoms with E-state index in [9.17, 15) is 0 Å². The fourth-order valence-corrected chi connectivity index (χ4v) is 2.01. The van der Waals surface area contributed by atoms with Crippen LogP contribution in [0.5, 0.6) is 5.75 Å². The van der Waals surface area contributed by atoms with E-state index >= 15 is 0 Å². The molecule has 2 aromatic carbocycles. The van der Waals surface area contributed by atoms with Crippen LogP contribution >= 0.6 is 0 Å². The Hall–Kier alpha value is -2.29. The smallest absolute Gasteiger partial charge is 0.118 e. The summed E-state index contributed by atoms with van der Waals surface area (Å²) in [5.74, 6) is 0.879. The van der Waals surface area contributed by atoms with Gasteiger partial charge in [0.2, 0.25) is 0 Å². The molecule has 1 aromatic heterocycles. The highest BCUT2D eigenvalue weighted by Gasteiger charge is 2.00. The van der Waals surface area contributed by atoms with Crippen LogP contribution in [0.3, 0.4) is 0 Å². The Morgan fingerprint density at radius 1 is 1.06 bits per heavy atom. The van der Waals surface area contributed by atoms with Gasteiger partial charge in [-0.2, -0.15) is 5.10 Å². The Morgan fingerprint density at radius 2 is 1.83 bits per heavy atom. The van der Waals surface area contributed by atoms with Gasteiger partial charge in [-0.05, 0) is 23.8 Å². The maximum Gasteiger partial charge on any atom is 0.118 e. The van der Waals surface area contributed by atoms with Crippen LogP contribution < -0.4 is 4.74 Å². The van der Waals surface area contributed by atoms with E-state index in [1.807, 2.05) is 35.0 Å². The summed E-state index contributed by atoms with van der Waals surface area (Å²) in [6, 6.07) is 16.2. The summed E-state index contributed by atoms with van der Waals surface area (Å²) >= 11 is 0. The first-order valence-electron chi connectivity index (χ1n) is 5.90. The highest BCUT2D eigenvalue weighted by atomic mass is 16.5. The number of hydrogen-bond acceptors (Lipinski definition) is 2. The van der Waals surface area contributed by atoms with E-state index in [2.05, 4.69) is 29.5 Å². The van der Waals surface area contributed by atoms with Crippen molar-refractivity contribution < 1.29 is 4.74 Å². The van der Waals surface area contributed by atoms with Crippen molar-refractivity contribution in [1.29, 1.82) is 0 Å². The molecule has 0 N–H and O–H groups in total. The molecule has 0 aliphatic rings. The van der Waals surface area contributed by atoms with E-state index < -0.39 is 0 Å². The van der Waals surface area contributed by atoms with Gasteiger partial charge in [-0.25, -0.2) is 0 Å². The molecule has 0 bridgehead atoms. The molecule has 0 spiro atoms. The Labute approximate surface area is 106 Å². The number of aromatic nitrogens is 2. The molecule has 0 unspecified atom stereocenters. The number of ether oxygens (including phenoxy) is 1. The van der Waals surface area contributed by atoms with Gasteiger partial charge >= 0.3 is 0 Å². The van der Waals surface area contributed by atoms with E-state index in [1.54, 1.807) is 7.11 Å². The van der Waals surface area contributed by atoms with Crippen LogP contribution in [-0.4, -0.2) is 16.9 Å². The van der Waals surface area contributed by atoms with Crippen LogP contribution in [0.25, 0.3) is 10.9 Å². The van der Waals surface area contributed by atoms with Crippen molar-refractivity contribution in [1.82, 2.24) is 9.78 Å². The third-order valence-electron chi connectivity index (χ3n) is 2.96. The number of nitrogens with zero attached hydrogens (tertiary/aromatic N) is 2. The van der Waals surface area contributed by atoms with Gasteiger partial charge in [-0.15, -0.1) is 0 Å². The minimum Gasteiger partial charge on any atom is -0.497 e. The normalized spacial score (nSPS) is 10.7. The van der Waals surface area contributed by atoms with Crippen molar-refractivity contribution in [2.75, 3.05) is 7.11 Å². The van der Waals surface area contributed by atoms with E-state index in [4.69, 9.17) is 4.74 Å². The Balaban J connectivity index is 1.86. The average molecular weight is 238 g/mol. The van der Waals surface area contributed by atoms with E-state index in [-0.39, 0.29) is 0 Å². The van der Waals surface area contributed by atoms with Crippen molar-refractivity contribution >= 4 is 10.9 Å². The molecule has 3 aromatic rings. The lowest BCUT2D eigenvalue weighted by atomic mass is 10.2. The summed E-state index contributed by atoms with van der Waals surface area (Å²) in [7, 11) is 1.68. The fraction of sp³-hybridized carbons (Fsp3) is 0.133. The fourth-order valence-electron chi connectivity index (χ4n) is 2.01. The van der Waals surface area contributed by atoms with Crippen LogP contribution in [0.15, 0.2) is 54.7 Å². The first-order chi connectivity index (χ1) is 8.85.